The van der Waals surface area contributed by atoms with Crippen molar-refractivity contribution in [1.29, 1.82) is 0 Å². The average Bonchev–Trinajstić information content (AvgIpc) is 3.26. The van der Waals surface area contributed by atoms with Crippen molar-refractivity contribution >= 4 is 34.9 Å². The van der Waals surface area contributed by atoms with Gasteiger partial charge in [-0.3, -0.25) is 19.3 Å². The lowest BCUT2D eigenvalue weighted by atomic mass is 9.97. The molecule has 2 heterocycles. The number of benzene rings is 1. The molecule has 1 aliphatic heterocycles. The predicted octanol–water partition coefficient (Wildman–Crippen LogP) is 2.41. The standard InChI is InChI=1S/C20H19F3N4O4S/c1-26-9-7-25-17(26)19(31,20(21,22)23)12-15(28)24-8-10-27-16(29)14(32-18(27)30)11-13-5-3-2-4-6-13/h2-7,9,11,31H,8,10,12H2,1H3,(H,24,28)/b14-11+. The van der Waals surface area contributed by atoms with E-state index in [1.165, 1.54) is 13.2 Å². The minimum atomic E-state index is -5.15. The summed E-state index contributed by atoms with van der Waals surface area (Å²) in [4.78, 5) is 41.3. The highest BCUT2D eigenvalue weighted by Gasteiger charge is 2.58. The molecule has 1 aliphatic rings. The molecule has 12 heteroatoms. The second kappa shape index (κ2) is 9.17. The van der Waals surface area contributed by atoms with Gasteiger partial charge in [-0.1, -0.05) is 30.3 Å². The van der Waals surface area contributed by atoms with Gasteiger partial charge in [0.25, 0.3) is 11.1 Å². The number of imidazole rings is 1. The fourth-order valence-corrected chi connectivity index (χ4v) is 3.93. The third kappa shape index (κ3) is 4.86. The van der Waals surface area contributed by atoms with Gasteiger partial charge in [0.1, 0.15) is 0 Å². The van der Waals surface area contributed by atoms with Gasteiger partial charge in [-0.05, 0) is 23.4 Å². The van der Waals surface area contributed by atoms with Crippen LogP contribution in [0.15, 0.2) is 47.6 Å². The van der Waals surface area contributed by atoms with E-state index in [1.54, 1.807) is 36.4 Å². The predicted molar refractivity (Wildman–Crippen MR) is 110 cm³/mol. The average molecular weight is 468 g/mol. The molecule has 2 aromatic rings. The van der Waals surface area contributed by atoms with Gasteiger partial charge < -0.3 is 15.0 Å². The van der Waals surface area contributed by atoms with Crippen LogP contribution < -0.4 is 5.32 Å². The first kappa shape index (κ1) is 23.5. The molecule has 0 spiro atoms. The SMILES string of the molecule is Cn1ccnc1C(O)(CC(=O)NCCN1C(=O)S/C(=C/c2ccccc2)C1=O)C(F)(F)F. The molecule has 1 aromatic carbocycles. The molecule has 0 aliphatic carbocycles. The van der Waals surface area contributed by atoms with Crippen LogP contribution in [0.2, 0.25) is 0 Å². The van der Waals surface area contributed by atoms with Crippen molar-refractivity contribution in [3.05, 3.63) is 59.0 Å². The van der Waals surface area contributed by atoms with Gasteiger partial charge in [-0.15, -0.1) is 0 Å². The number of carbonyl (C=O) groups excluding carboxylic acids is 3. The van der Waals surface area contributed by atoms with Crippen LogP contribution in [0.5, 0.6) is 0 Å². The largest absolute Gasteiger partial charge is 0.425 e. The molecule has 0 radical (unpaired) electrons. The Morgan fingerprint density at radius 3 is 2.53 bits per heavy atom. The van der Waals surface area contributed by atoms with Crippen molar-refractivity contribution in [3.8, 4) is 0 Å². The summed E-state index contributed by atoms with van der Waals surface area (Å²) in [7, 11) is 1.26. The molecule has 1 atom stereocenters. The number of rotatable bonds is 7. The van der Waals surface area contributed by atoms with Gasteiger partial charge in [0, 0.05) is 32.5 Å². The number of halogens is 3. The van der Waals surface area contributed by atoms with Crippen LogP contribution in [0, 0.1) is 0 Å². The van der Waals surface area contributed by atoms with Gasteiger partial charge in [-0.25, -0.2) is 4.98 Å². The lowest BCUT2D eigenvalue weighted by molar-refractivity contribution is -0.271. The Morgan fingerprint density at radius 2 is 1.94 bits per heavy atom. The molecule has 1 fully saturated rings. The van der Waals surface area contributed by atoms with Gasteiger partial charge in [0.2, 0.25) is 11.5 Å². The monoisotopic (exact) mass is 468 g/mol. The quantitative estimate of drug-likeness (QED) is 0.605. The molecule has 0 saturated carbocycles. The maximum atomic E-state index is 13.5. The van der Waals surface area contributed by atoms with E-state index in [1.807, 2.05) is 0 Å². The fraction of sp³-hybridized carbons (Fsp3) is 0.300. The Hall–Kier alpha value is -3.12. The van der Waals surface area contributed by atoms with Gasteiger partial charge in [-0.2, -0.15) is 13.2 Å². The molecule has 3 amide bonds. The maximum absolute atomic E-state index is 13.5. The zero-order valence-corrected chi connectivity index (χ0v) is 17.6. The van der Waals surface area contributed by atoms with Crippen molar-refractivity contribution in [2.24, 2.45) is 7.05 Å². The molecule has 3 rings (SSSR count). The number of nitrogens with one attached hydrogen (secondary N) is 1. The van der Waals surface area contributed by atoms with E-state index >= 15 is 0 Å². The van der Waals surface area contributed by atoms with E-state index in [4.69, 9.17) is 0 Å². The first-order valence-electron chi connectivity index (χ1n) is 9.37. The van der Waals surface area contributed by atoms with Gasteiger partial charge >= 0.3 is 6.18 Å². The van der Waals surface area contributed by atoms with Crippen LogP contribution in [0.4, 0.5) is 18.0 Å². The second-order valence-corrected chi connectivity index (χ2v) is 7.98. The normalized spacial score (nSPS) is 17.7. The highest BCUT2D eigenvalue weighted by atomic mass is 32.2. The Balaban J connectivity index is 1.61. The zero-order valence-electron chi connectivity index (χ0n) is 16.8. The van der Waals surface area contributed by atoms with E-state index in [2.05, 4.69) is 10.3 Å². The molecule has 0 bridgehead atoms. The van der Waals surface area contributed by atoms with E-state index in [9.17, 15) is 32.7 Å². The number of hydrogen-bond acceptors (Lipinski definition) is 6. The topological polar surface area (TPSA) is 105 Å². The van der Waals surface area contributed by atoms with Crippen molar-refractivity contribution in [3.63, 3.8) is 0 Å². The number of hydrogen-bond donors (Lipinski definition) is 2. The molecular formula is C20H19F3N4O4S. The molecule has 170 valence electrons. The van der Waals surface area contributed by atoms with Crippen LogP contribution in [0.3, 0.4) is 0 Å². The number of thioether (sulfide) groups is 1. The lowest BCUT2D eigenvalue weighted by Gasteiger charge is -2.29. The van der Waals surface area contributed by atoms with Crippen molar-refractivity contribution < 1.29 is 32.7 Å². The summed E-state index contributed by atoms with van der Waals surface area (Å²) in [6.45, 7) is -0.501. The summed E-state index contributed by atoms with van der Waals surface area (Å²) in [5.74, 6) is -2.39. The minimum absolute atomic E-state index is 0.203. The van der Waals surface area contributed by atoms with E-state index in [0.717, 1.165) is 33.0 Å². The number of aliphatic hydroxyl groups is 1. The third-order valence-electron chi connectivity index (χ3n) is 4.70. The number of aromatic nitrogens is 2. The summed E-state index contributed by atoms with van der Waals surface area (Å²) in [6.07, 6.45) is -2.63. The number of alkyl halides is 3. The van der Waals surface area contributed by atoms with Crippen LogP contribution in [-0.4, -0.2) is 55.9 Å². The van der Waals surface area contributed by atoms with Crippen LogP contribution in [0.1, 0.15) is 17.8 Å². The van der Waals surface area contributed by atoms with Crippen LogP contribution in [0.25, 0.3) is 6.08 Å². The van der Waals surface area contributed by atoms with Crippen molar-refractivity contribution in [1.82, 2.24) is 19.8 Å². The number of nitrogens with zero attached hydrogens (tertiary/aromatic N) is 3. The minimum Gasteiger partial charge on any atom is -0.374 e. The second-order valence-electron chi connectivity index (χ2n) is 6.99. The zero-order chi connectivity index (χ0) is 23.5. The van der Waals surface area contributed by atoms with Crippen molar-refractivity contribution in [2.45, 2.75) is 18.2 Å². The Kier molecular flexibility index (Phi) is 6.74. The molecule has 8 nitrogen and oxygen atoms in total. The summed E-state index contributed by atoms with van der Waals surface area (Å²) < 4.78 is 41.5. The molecule has 2 N–H and O–H groups in total. The summed E-state index contributed by atoms with van der Waals surface area (Å²) >= 11 is 0.735. The van der Waals surface area contributed by atoms with E-state index in [0.29, 0.717) is 0 Å². The van der Waals surface area contributed by atoms with Gasteiger partial charge in [0.05, 0.1) is 11.3 Å². The third-order valence-corrected chi connectivity index (χ3v) is 5.61. The molecule has 1 saturated heterocycles. The highest BCUT2D eigenvalue weighted by Crippen LogP contribution is 2.40. The smallest absolute Gasteiger partial charge is 0.374 e. The van der Waals surface area contributed by atoms with Crippen LogP contribution >= 0.6 is 11.8 Å². The summed E-state index contributed by atoms with van der Waals surface area (Å²) in [5, 5.41) is 11.9. The van der Waals surface area contributed by atoms with E-state index < -0.39 is 41.1 Å². The molecule has 1 unspecified atom stereocenters. The van der Waals surface area contributed by atoms with Crippen molar-refractivity contribution in [2.75, 3.05) is 13.1 Å². The summed E-state index contributed by atoms with van der Waals surface area (Å²) in [5.41, 5.74) is -2.76. The number of amides is 3. The summed E-state index contributed by atoms with van der Waals surface area (Å²) in [6, 6.07) is 8.88. The highest BCUT2D eigenvalue weighted by molar-refractivity contribution is 8.18. The number of aryl methyl sites for hydroxylation is 1. The molecular weight excluding hydrogens is 449 g/mol. The lowest BCUT2D eigenvalue weighted by Crippen LogP contribution is -2.48. The maximum Gasteiger partial charge on any atom is 0.425 e. The van der Waals surface area contributed by atoms with E-state index in [-0.39, 0.29) is 18.0 Å². The Morgan fingerprint density at radius 1 is 1.25 bits per heavy atom. The van der Waals surface area contributed by atoms with Crippen LogP contribution in [-0.2, 0) is 22.2 Å². The first-order chi connectivity index (χ1) is 15.0. The Labute approximate surface area is 185 Å². The molecule has 1 aromatic heterocycles. The number of carbonyl (C=O) groups is 3. The molecule has 32 heavy (non-hydrogen) atoms. The number of imide groups is 1. The first-order valence-corrected chi connectivity index (χ1v) is 10.2. The Bertz CT molecular complexity index is 1050. The fourth-order valence-electron chi connectivity index (χ4n) is 3.07. The van der Waals surface area contributed by atoms with Gasteiger partial charge in [0.15, 0.2) is 5.82 Å².